The van der Waals surface area contributed by atoms with Gasteiger partial charge in [-0.2, -0.15) is 0 Å². The van der Waals surface area contributed by atoms with Gasteiger partial charge in [0, 0.05) is 78.0 Å². The van der Waals surface area contributed by atoms with Gasteiger partial charge in [0.15, 0.2) is 0 Å². The van der Waals surface area contributed by atoms with Crippen molar-refractivity contribution in [3.63, 3.8) is 0 Å². The maximum Gasteiger partial charge on any atom is 3.00 e. The second kappa shape index (κ2) is 17.9. The molecule has 0 aromatic rings. The van der Waals surface area contributed by atoms with E-state index in [1.165, 1.54) is 9.80 Å². The zero-order valence-corrected chi connectivity index (χ0v) is 22.8. The number of amides is 1. The first-order valence-corrected chi connectivity index (χ1v) is 11.4. The van der Waals surface area contributed by atoms with Crippen LogP contribution >= 0.6 is 0 Å². The molecule has 1 amide bonds. The van der Waals surface area contributed by atoms with Crippen LogP contribution in [0.3, 0.4) is 0 Å². The number of hydrogen-bond acceptors (Lipinski definition) is 12. The summed E-state index contributed by atoms with van der Waals surface area (Å²) in [6.45, 7) is 3.26. The average molecular weight is 658 g/mol. The molecule has 0 aliphatic carbocycles. The van der Waals surface area contributed by atoms with Gasteiger partial charge in [0.05, 0.1) is 24.5 Å². The van der Waals surface area contributed by atoms with Gasteiger partial charge >= 0.3 is 45.9 Å². The number of hydrogen-bond donors (Lipinski definition) is 1. The minimum atomic E-state index is -1.31. The molecular formula is C21H34GdN5O9. The van der Waals surface area contributed by atoms with Gasteiger partial charge < -0.3 is 39.7 Å². The van der Waals surface area contributed by atoms with Gasteiger partial charge in [-0.15, -0.1) is 0 Å². The Kier molecular flexibility index (Phi) is 17.1. The average Bonchev–Trinajstić information content (AvgIpc) is 2.72. The number of aliphatic carboxylic acids is 4. The molecule has 0 unspecified atom stereocenters. The molecule has 14 nitrogen and oxygen atoms in total. The summed E-state index contributed by atoms with van der Waals surface area (Å²) in [4.78, 5) is 65.1. The molecule has 0 saturated carbocycles. The van der Waals surface area contributed by atoms with Crippen molar-refractivity contribution < 1.29 is 84.3 Å². The molecule has 1 radical (unpaired) electrons. The van der Waals surface area contributed by atoms with E-state index in [2.05, 4.69) is 0 Å². The second-order valence-electron chi connectivity index (χ2n) is 8.73. The summed E-state index contributed by atoms with van der Waals surface area (Å²) in [6, 6.07) is -0.357. The number of nitrogens with zero attached hydrogens (tertiary/aromatic N) is 5. The van der Waals surface area contributed by atoms with Crippen LogP contribution in [-0.2, 0) is 24.0 Å². The summed E-state index contributed by atoms with van der Waals surface area (Å²) in [5.41, 5.74) is 0. The van der Waals surface area contributed by atoms with Crippen LogP contribution in [0.25, 0.3) is 0 Å². The third kappa shape index (κ3) is 14.9. The van der Waals surface area contributed by atoms with Crippen molar-refractivity contribution in [2.24, 2.45) is 0 Å². The number of carboxylic acid groups (broad SMARTS) is 4. The summed E-state index contributed by atoms with van der Waals surface area (Å²) in [6.07, 6.45) is 0. The van der Waals surface area contributed by atoms with E-state index in [9.17, 15) is 39.3 Å². The predicted molar refractivity (Wildman–Crippen MR) is 115 cm³/mol. The number of carbonyl (C=O) groups excluding carboxylic acids is 4. The molecule has 1 saturated heterocycles. The molecule has 205 valence electrons. The molecule has 1 rings (SSSR count). The van der Waals surface area contributed by atoms with Crippen molar-refractivity contribution in [1.82, 2.24) is 24.5 Å². The van der Waals surface area contributed by atoms with Crippen LogP contribution in [0.1, 0.15) is 13.8 Å². The van der Waals surface area contributed by atoms with E-state index in [0.717, 1.165) is 0 Å². The largest absolute Gasteiger partial charge is 3.00 e. The van der Waals surface area contributed by atoms with E-state index in [1.54, 1.807) is 28.5 Å². The van der Waals surface area contributed by atoms with Gasteiger partial charge in [-0.1, -0.05) is 0 Å². The van der Waals surface area contributed by atoms with Crippen LogP contribution in [-0.4, -0.2) is 151 Å². The Morgan fingerprint density at radius 1 is 0.667 bits per heavy atom. The fourth-order valence-corrected chi connectivity index (χ4v) is 3.75. The van der Waals surface area contributed by atoms with E-state index in [4.69, 9.17) is 5.11 Å². The van der Waals surface area contributed by atoms with Crippen LogP contribution in [0.2, 0.25) is 0 Å². The number of carboxylic acids is 4. The van der Waals surface area contributed by atoms with E-state index in [1.807, 2.05) is 0 Å². The predicted octanol–water partition coefficient (Wildman–Crippen LogP) is -6.22. The van der Waals surface area contributed by atoms with Gasteiger partial charge in [0.2, 0.25) is 5.91 Å². The normalized spacial score (nSPS) is 17.4. The van der Waals surface area contributed by atoms with Crippen molar-refractivity contribution >= 4 is 29.8 Å². The first-order valence-electron chi connectivity index (χ1n) is 11.4. The Balaban J connectivity index is 0.0000122. The van der Waals surface area contributed by atoms with Crippen LogP contribution < -0.4 is 15.3 Å². The number of carbonyl (C=O) groups is 5. The summed E-state index contributed by atoms with van der Waals surface area (Å²) in [5.74, 6) is -5.50. The quantitative estimate of drug-likeness (QED) is 0.221. The molecule has 1 N–H and O–H groups in total. The van der Waals surface area contributed by atoms with Gasteiger partial charge in [-0.3, -0.25) is 29.2 Å². The van der Waals surface area contributed by atoms with E-state index < -0.39 is 56.0 Å². The zero-order chi connectivity index (χ0) is 26.5. The van der Waals surface area contributed by atoms with Gasteiger partial charge in [-0.05, 0) is 13.8 Å². The minimum absolute atomic E-state index is 0. The van der Waals surface area contributed by atoms with Crippen molar-refractivity contribution in [2.45, 2.75) is 19.9 Å². The monoisotopic (exact) mass is 658 g/mol. The molecule has 1 aliphatic rings. The molecule has 0 atom stereocenters. The molecule has 0 aromatic heterocycles. The third-order valence-corrected chi connectivity index (χ3v) is 5.60. The van der Waals surface area contributed by atoms with Gasteiger partial charge in [0.1, 0.15) is 6.54 Å². The molecule has 15 heteroatoms. The van der Waals surface area contributed by atoms with E-state index >= 15 is 0 Å². The maximum atomic E-state index is 12.8. The molecule has 1 aliphatic heterocycles. The third-order valence-electron chi connectivity index (χ3n) is 5.60. The Labute approximate surface area is 242 Å². The van der Waals surface area contributed by atoms with E-state index in [0.29, 0.717) is 0 Å². The molecule has 0 bridgehead atoms. The maximum absolute atomic E-state index is 12.8. The van der Waals surface area contributed by atoms with E-state index in [-0.39, 0.29) is 105 Å². The SMILES string of the molecule is CC(C)N(CC(=O)O)C(=O)CN1CCN(CC(=O)[O-])CCN(CC(=O)[O-])CCN(CC(=O)[O-])CC1.[Gd+3]. The van der Waals surface area contributed by atoms with Gasteiger partial charge in [0.25, 0.3) is 0 Å². The molecule has 36 heavy (non-hydrogen) atoms. The molecule has 0 spiro atoms. The van der Waals surface area contributed by atoms with Crippen LogP contribution in [0.15, 0.2) is 0 Å². The van der Waals surface area contributed by atoms with Crippen molar-refractivity contribution in [3.05, 3.63) is 0 Å². The molecule has 0 aromatic carbocycles. The second-order valence-corrected chi connectivity index (χ2v) is 8.73. The van der Waals surface area contributed by atoms with Crippen LogP contribution in [0.5, 0.6) is 0 Å². The first kappa shape index (κ1) is 34.5. The first-order chi connectivity index (χ1) is 16.4. The van der Waals surface area contributed by atoms with Crippen LogP contribution in [0.4, 0.5) is 0 Å². The molecular weight excluding hydrogens is 624 g/mol. The number of rotatable bonds is 11. The summed E-state index contributed by atoms with van der Waals surface area (Å²) < 4.78 is 0. The Morgan fingerprint density at radius 2 is 0.944 bits per heavy atom. The molecule has 1 heterocycles. The Bertz CT molecular complexity index is 723. The fraction of sp³-hybridized carbons (Fsp3) is 0.762. The van der Waals surface area contributed by atoms with Crippen LogP contribution in [0, 0.1) is 39.9 Å². The fourth-order valence-electron chi connectivity index (χ4n) is 3.75. The van der Waals surface area contributed by atoms with Crippen molar-refractivity contribution in [1.29, 1.82) is 0 Å². The summed E-state index contributed by atoms with van der Waals surface area (Å²) >= 11 is 0. The Hall–Kier alpha value is -1.49. The standard InChI is InChI=1S/C21H37N5O9.Gd/c1-16(2)26(15-21(34)35)17(27)11-22-3-5-23(12-18(28)29)7-9-25(14-20(32)33)10-8-24(6-4-22)13-19(30)31;/h16H,3-15H2,1-2H3,(H,28,29)(H,30,31)(H,32,33)(H,34,35);/q;+3/p-3. The van der Waals surface area contributed by atoms with Crippen molar-refractivity contribution in [2.75, 3.05) is 85.1 Å². The Morgan fingerprint density at radius 3 is 1.17 bits per heavy atom. The topological polar surface area (TPSA) is 191 Å². The smallest absolute Gasteiger partial charge is 0.549 e. The summed E-state index contributed by atoms with van der Waals surface area (Å²) in [7, 11) is 0. The van der Waals surface area contributed by atoms with Gasteiger partial charge in [-0.25, -0.2) is 0 Å². The minimum Gasteiger partial charge on any atom is -0.549 e. The van der Waals surface area contributed by atoms with Crippen molar-refractivity contribution in [3.8, 4) is 0 Å². The molecule has 1 fully saturated rings. The summed E-state index contributed by atoms with van der Waals surface area (Å²) in [5, 5.41) is 42.6. The zero-order valence-electron chi connectivity index (χ0n) is 20.6.